The van der Waals surface area contributed by atoms with Crippen LogP contribution in [0.4, 0.5) is 0 Å². The van der Waals surface area contributed by atoms with Gasteiger partial charge in [-0.05, 0) is 30.3 Å². The summed E-state index contributed by atoms with van der Waals surface area (Å²) in [5.74, 6) is -0.431. The van der Waals surface area contributed by atoms with Gasteiger partial charge in [0.2, 0.25) is 0 Å². The molecule has 0 fully saturated rings. The molecular weight excluding hydrogens is 336 g/mol. The Balaban J connectivity index is 2.05. The van der Waals surface area contributed by atoms with Crippen molar-refractivity contribution in [1.82, 2.24) is 10.9 Å². The topological polar surface area (TPSA) is 67.4 Å². The molecular formula is C15H13BrN2O3. The fourth-order valence-corrected chi connectivity index (χ4v) is 2.06. The second-order valence-electron chi connectivity index (χ2n) is 4.12. The zero-order chi connectivity index (χ0) is 15.2. The van der Waals surface area contributed by atoms with E-state index in [0.717, 1.165) is 4.47 Å². The number of benzene rings is 2. The van der Waals surface area contributed by atoms with Crippen LogP contribution >= 0.6 is 15.9 Å². The van der Waals surface area contributed by atoms with E-state index in [1.807, 2.05) is 6.07 Å². The molecule has 2 amide bonds. The molecule has 6 heteroatoms. The molecule has 0 spiro atoms. The van der Waals surface area contributed by atoms with Crippen LogP contribution in [0.1, 0.15) is 20.7 Å². The van der Waals surface area contributed by atoms with Gasteiger partial charge in [0.25, 0.3) is 11.8 Å². The quantitative estimate of drug-likeness (QED) is 0.837. The molecule has 2 aromatic rings. The first-order valence-electron chi connectivity index (χ1n) is 6.11. The Hall–Kier alpha value is -2.34. The maximum atomic E-state index is 12.1. The number of carbonyl (C=O) groups is 2. The van der Waals surface area contributed by atoms with Crippen LogP contribution in [0.15, 0.2) is 53.0 Å². The van der Waals surface area contributed by atoms with Crippen LogP contribution in [0.3, 0.4) is 0 Å². The van der Waals surface area contributed by atoms with Crippen molar-refractivity contribution in [2.45, 2.75) is 0 Å². The maximum absolute atomic E-state index is 12.1. The Morgan fingerprint density at radius 3 is 2.33 bits per heavy atom. The van der Waals surface area contributed by atoms with Gasteiger partial charge in [-0.15, -0.1) is 0 Å². The Kier molecular flexibility index (Phi) is 4.94. The van der Waals surface area contributed by atoms with Crippen molar-refractivity contribution in [3.63, 3.8) is 0 Å². The molecule has 0 atom stereocenters. The highest BCUT2D eigenvalue weighted by Gasteiger charge is 2.14. The summed E-state index contributed by atoms with van der Waals surface area (Å²) in [6.45, 7) is 0. The highest BCUT2D eigenvalue weighted by molar-refractivity contribution is 9.10. The van der Waals surface area contributed by atoms with Gasteiger partial charge in [-0.25, -0.2) is 0 Å². The minimum Gasteiger partial charge on any atom is -0.496 e. The average Bonchev–Trinajstić information content (AvgIpc) is 2.53. The molecule has 5 nitrogen and oxygen atoms in total. The number of nitrogens with one attached hydrogen (secondary N) is 2. The highest BCUT2D eigenvalue weighted by atomic mass is 79.9. The maximum Gasteiger partial charge on any atom is 0.273 e. The van der Waals surface area contributed by atoms with Crippen molar-refractivity contribution in [3.05, 3.63) is 64.1 Å². The zero-order valence-electron chi connectivity index (χ0n) is 11.2. The third-order valence-electron chi connectivity index (χ3n) is 2.73. The number of rotatable bonds is 3. The van der Waals surface area contributed by atoms with Crippen LogP contribution in [-0.2, 0) is 0 Å². The summed E-state index contributed by atoms with van der Waals surface area (Å²) < 4.78 is 5.86. The van der Waals surface area contributed by atoms with Gasteiger partial charge in [-0.1, -0.05) is 34.1 Å². The molecule has 0 bridgehead atoms. The van der Waals surface area contributed by atoms with Crippen molar-refractivity contribution < 1.29 is 14.3 Å². The van der Waals surface area contributed by atoms with Crippen LogP contribution in [-0.4, -0.2) is 18.9 Å². The fourth-order valence-electron chi connectivity index (χ4n) is 1.70. The minimum atomic E-state index is -0.461. The van der Waals surface area contributed by atoms with Crippen LogP contribution in [0.25, 0.3) is 0 Å². The lowest BCUT2D eigenvalue weighted by atomic mass is 10.2. The van der Waals surface area contributed by atoms with E-state index < -0.39 is 11.8 Å². The average molecular weight is 349 g/mol. The monoisotopic (exact) mass is 348 g/mol. The molecule has 0 saturated carbocycles. The highest BCUT2D eigenvalue weighted by Crippen LogP contribution is 2.22. The van der Waals surface area contributed by atoms with Crippen LogP contribution < -0.4 is 15.6 Å². The summed E-state index contributed by atoms with van der Waals surface area (Å²) >= 11 is 3.29. The predicted octanol–water partition coefficient (Wildman–Crippen LogP) is 2.53. The van der Waals surface area contributed by atoms with Gasteiger partial charge < -0.3 is 4.74 Å². The fraction of sp³-hybridized carbons (Fsp3) is 0.0667. The summed E-state index contributed by atoms with van der Waals surface area (Å²) in [7, 11) is 1.47. The smallest absolute Gasteiger partial charge is 0.273 e. The lowest BCUT2D eigenvalue weighted by Crippen LogP contribution is -2.41. The number of ether oxygens (including phenoxy) is 1. The summed E-state index contributed by atoms with van der Waals surface area (Å²) in [4.78, 5) is 23.9. The third-order valence-corrected chi connectivity index (χ3v) is 3.22. The Bertz CT molecular complexity index is 659. The molecule has 0 unspecified atom stereocenters. The van der Waals surface area contributed by atoms with Crippen molar-refractivity contribution >= 4 is 27.7 Å². The number of methoxy groups -OCH3 is 1. The normalized spacial score (nSPS) is 9.81. The molecule has 0 aliphatic carbocycles. The molecule has 0 radical (unpaired) electrons. The molecule has 0 heterocycles. The minimum absolute atomic E-state index is 0.320. The summed E-state index contributed by atoms with van der Waals surface area (Å²) in [5.41, 5.74) is 5.50. The Labute approximate surface area is 130 Å². The summed E-state index contributed by atoms with van der Waals surface area (Å²) in [6.07, 6.45) is 0. The van der Waals surface area contributed by atoms with Crippen molar-refractivity contribution in [3.8, 4) is 5.75 Å². The molecule has 0 aliphatic heterocycles. The number of hydrogen-bond donors (Lipinski definition) is 2. The predicted molar refractivity (Wildman–Crippen MR) is 82.1 cm³/mol. The van der Waals surface area contributed by atoms with Gasteiger partial charge in [0.15, 0.2) is 0 Å². The first-order valence-corrected chi connectivity index (χ1v) is 6.90. The number of hydrazine groups is 1. The molecule has 2 N–H and O–H groups in total. The van der Waals surface area contributed by atoms with Gasteiger partial charge in [-0.2, -0.15) is 0 Å². The van der Waals surface area contributed by atoms with Gasteiger partial charge in [0.1, 0.15) is 5.75 Å². The number of carbonyl (C=O) groups excluding carboxylic acids is 2. The lowest BCUT2D eigenvalue weighted by Gasteiger charge is -2.10. The van der Waals surface area contributed by atoms with Crippen molar-refractivity contribution in [2.75, 3.05) is 7.11 Å². The van der Waals surface area contributed by atoms with Crippen molar-refractivity contribution in [1.29, 1.82) is 0 Å². The largest absolute Gasteiger partial charge is 0.496 e. The Morgan fingerprint density at radius 1 is 1.00 bits per heavy atom. The van der Waals surface area contributed by atoms with Crippen molar-refractivity contribution in [2.24, 2.45) is 0 Å². The molecule has 0 aromatic heterocycles. The van der Waals surface area contributed by atoms with E-state index in [1.54, 1.807) is 42.5 Å². The molecule has 108 valence electrons. The molecule has 0 saturated heterocycles. The van der Waals surface area contributed by atoms with Gasteiger partial charge in [0.05, 0.1) is 12.7 Å². The second kappa shape index (κ2) is 6.90. The first kappa shape index (κ1) is 15.1. The van der Waals surface area contributed by atoms with E-state index >= 15 is 0 Å². The number of amides is 2. The van der Waals surface area contributed by atoms with Gasteiger partial charge >= 0.3 is 0 Å². The van der Waals surface area contributed by atoms with E-state index in [0.29, 0.717) is 16.9 Å². The zero-order valence-corrected chi connectivity index (χ0v) is 12.8. The van der Waals surface area contributed by atoms with Gasteiger partial charge in [0, 0.05) is 10.0 Å². The van der Waals surface area contributed by atoms with Crippen LogP contribution in [0, 0.1) is 0 Å². The van der Waals surface area contributed by atoms with E-state index in [2.05, 4.69) is 26.8 Å². The Morgan fingerprint density at radius 2 is 1.67 bits per heavy atom. The van der Waals surface area contributed by atoms with Crippen LogP contribution in [0.2, 0.25) is 0 Å². The lowest BCUT2D eigenvalue weighted by molar-refractivity contribution is 0.0845. The molecule has 0 aliphatic rings. The van der Waals surface area contributed by atoms with E-state index in [-0.39, 0.29) is 0 Å². The molecule has 2 aromatic carbocycles. The first-order chi connectivity index (χ1) is 10.1. The summed E-state index contributed by atoms with van der Waals surface area (Å²) in [5, 5.41) is 0. The molecule has 21 heavy (non-hydrogen) atoms. The SMILES string of the molecule is COc1ccc(Br)cc1C(=O)NNC(=O)c1ccccc1. The second-order valence-corrected chi connectivity index (χ2v) is 5.03. The van der Waals surface area contributed by atoms with Gasteiger partial charge in [-0.3, -0.25) is 20.4 Å². The van der Waals surface area contributed by atoms with E-state index in [9.17, 15) is 9.59 Å². The molecule has 2 rings (SSSR count). The van der Waals surface area contributed by atoms with E-state index in [4.69, 9.17) is 4.74 Å². The summed E-state index contributed by atoms with van der Waals surface area (Å²) in [6, 6.07) is 13.6. The van der Waals surface area contributed by atoms with Crippen LogP contribution in [0.5, 0.6) is 5.75 Å². The van der Waals surface area contributed by atoms with E-state index in [1.165, 1.54) is 7.11 Å². The number of halogens is 1. The number of hydrogen-bond acceptors (Lipinski definition) is 3. The third kappa shape index (κ3) is 3.82. The standard InChI is InChI=1S/C15H13BrN2O3/c1-21-13-8-7-11(16)9-12(13)15(20)18-17-14(19)10-5-3-2-4-6-10/h2-9H,1H3,(H,17,19)(H,18,20).